The molecule has 0 fully saturated rings. The molecule has 0 aromatic carbocycles. The van der Waals surface area contributed by atoms with Crippen molar-refractivity contribution in [2.24, 2.45) is 5.73 Å². The number of carboxylic acid groups (broad SMARTS) is 3. The Hall–Kier alpha value is -2.46. The molecular formula is C12H20N2O8. The summed E-state index contributed by atoms with van der Waals surface area (Å²) in [6, 6.07) is 0. The van der Waals surface area contributed by atoms with E-state index in [2.05, 4.69) is 10.3 Å². The van der Waals surface area contributed by atoms with Crippen molar-refractivity contribution in [1.29, 1.82) is 0 Å². The summed E-state index contributed by atoms with van der Waals surface area (Å²) in [4.78, 5) is 44.7. The normalized spacial score (nSPS) is 9.68. The van der Waals surface area contributed by atoms with Crippen molar-refractivity contribution in [3.63, 3.8) is 0 Å². The number of carboxylic acids is 3. The summed E-state index contributed by atoms with van der Waals surface area (Å²) in [5, 5.41) is 23.9. The number of aliphatic carboxylic acids is 3. The van der Waals surface area contributed by atoms with Crippen LogP contribution in [0.3, 0.4) is 0 Å². The standard InChI is InChI=1S/C8H16N2O4.C4H4O4/c9-5-6-10-14-8(13)4-2-1-3-7(11)12;5-3(6)1-2-4(7)8/h10H,1-6,9H2,(H,11,12);1-2H,(H,5,6)(H,7,8)/b;2-1-. The Bertz CT molecular complexity index is 379. The zero-order valence-corrected chi connectivity index (χ0v) is 11.9. The Labute approximate surface area is 126 Å². The minimum atomic E-state index is -1.26. The van der Waals surface area contributed by atoms with Crippen LogP contribution < -0.4 is 11.2 Å². The van der Waals surface area contributed by atoms with Crippen molar-refractivity contribution in [1.82, 2.24) is 5.48 Å². The maximum Gasteiger partial charge on any atom is 0.328 e. The third kappa shape index (κ3) is 22.7. The van der Waals surface area contributed by atoms with Crippen molar-refractivity contribution in [2.45, 2.75) is 25.7 Å². The number of unbranched alkanes of at least 4 members (excludes halogenated alkanes) is 1. The van der Waals surface area contributed by atoms with E-state index in [1.165, 1.54) is 0 Å². The third-order valence-electron chi connectivity index (χ3n) is 1.82. The van der Waals surface area contributed by atoms with Gasteiger partial charge in [0.1, 0.15) is 0 Å². The Morgan fingerprint density at radius 3 is 1.86 bits per heavy atom. The lowest BCUT2D eigenvalue weighted by Gasteiger charge is -2.03. The SMILES string of the molecule is NCCNOC(=O)CCCCC(=O)O.O=C(O)/C=C\C(=O)O. The molecule has 0 saturated carbocycles. The summed E-state index contributed by atoms with van der Waals surface area (Å²) in [6.07, 6.45) is 2.44. The average molecular weight is 320 g/mol. The molecule has 10 heteroatoms. The van der Waals surface area contributed by atoms with Gasteiger partial charge in [-0.2, -0.15) is 5.48 Å². The van der Waals surface area contributed by atoms with Gasteiger partial charge in [0.2, 0.25) is 0 Å². The first-order chi connectivity index (χ1) is 10.3. The van der Waals surface area contributed by atoms with Crippen molar-refractivity contribution in [3.05, 3.63) is 12.2 Å². The number of hydrogen-bond donors (Lipinski definition) is 5. The molecule has 0 atom stereocenters. The topological polar surface area (TPSA) is 176 Å². The highest BCUT2D eigenvalue weighted by Gasteiger charge is 2.03. The Morgan fingerprint density at radius 1 is 0.955 bits per heavy atom. The van der Waals surface area contributed by atoms with Gasteiger partial charge in [-0.1, -0.05) is 0 Å². The van der Waals surface area contributed by atoms with Crippen LogP contribution in [-0.4, -0.2) is 52.3 Å². The second kappa shape index (κ2) is 14.9. The summed E-state index contributed by atoms with van der Waals surface area (Å²) in [5.74, 6) is -3.75. The number of carbonyl (C=O) groups excluding carboxylic acids is 1. The van der Waals surface area contributed by atoms with Crippen LogP contribution in [0.1, 0.15) is 25.7 Å². The second-order valence-corrected chi connectivity index (χ2v) is 3.77. The van der Waals surface area contributed by atoms with Crippen molar-refractivity contribution in [3.8, 4) is 0 Å². The van der Waals surface area contributed by atoms with Crippen LogP contribution in [0.15, 0.2) is 12.2 Å². The van der Waals surface area contributed by atoms with Gasteiger partial charge in [0.05, 0.1) is 0 Å². The van der Waals surface area contributed by atoms with Gasteiger partial charge in [-0.15, -0.1) is 0 Å². The number of rotatable bonds is 10. The highest BCUT2D eigenvalue weighted by atomic mass is 16.7. The van der Waals surface area contributed by atoms with Crippen LogP contribution in [0.5, 0.6) is 0 Å². The van der Waals surface area contributed by atoms with Crippen LogP contribution in [0, 0.1) is 0 Å². The molecule has 126 valence electrons. The molecule has 0 bridgehead atoms. The van der Waals surface area contributed by atoms with Crippen LogP contribution in [0.4, 0.5) is 0 Å². The van der Waals surface area contributed by atoms with E-state index in [1.807, 2.05) is 0 Å². The molecule has 0 unspecified atom stereocenters. The maximum atomic E-state index is 10.9. The minimum Gasteiger partial charge on any atom is -0.481 e. The van der Waals surface area contributed by atoms with Gasteiger partial charge in [-0.3, -0.25) is 9.59 Å². The first-order valence-corrected chi connectivity index (χ1v) is 6.28. The largest absolute Gasteiger partial charge is 0.481 e. The van der Waals surface area contributed by atoms with Crippen LogP contribution >= 0.6 is 0 Å². The highest BCUT2D eigenvalue weighted by molar-refractivity contribution is 5.89. The third-order valence-corrected chi connectivity index (χ3v) is 1.82. The number of carbonyl (C=O) groups is 4. The molecule has 0 rings (SSSR count). The summed E-state index contributed by atoms with van der Waals surface area (Å²) in [5.41, 5.74) is 7.54. The zero-order valence-electron chi connectivity index (χ0n) is 11.9. The van der Waals surface area contributed by atoms with Crippen LogP contribution in [-0.2, 0) is 24.0 Å². The van der Waals surface area contributed by atoms with E-state index in [4.69, 9.17) is 21.1 Å². The highest BCUT2D eigenvalue weighted by Crippen LogP contribution is 2.00. The van der Waals surface area contributed by atoms with E-state index in [-0.39, 0.29) is 18.8 Å². The molecule has 0 aliphatic carbocycles. The van der Waals surface area contributed by atoms with E-state index < -0.39 is 17.9 Å². The molecule has 0 aliphatic rings. The van der Waals surface area contributed by atoms with E-state index in [1.54, 1.807) is 0 Å². The van der Waals surface area contributed by atoms with Crippen LogP contribution in [0.2, 0.25) is 0 Å². The van der Waals surface area contributed by atoms with E-state index >= 15 is 0 Å². The molecule has 0 aromatic rings. The molecule has 6 N–H and O–H groups in total. The summed E-state index contributed by atoms with van der Waals surface area (Å²) in [6.45, 7) is 0.813. The number of hydroxylamine groups is 1. The van der Waals surface area contributed by atoms with Crippen molar-refractivity contribution < 1.29 is 39.3 Å². The first-order valence-electron chi connectivity index (χ1n) is 6.28. The van der Waals surface area contributed by atoms with Gasteiger partial charge in [0.15, 0.2) is 0 Å². The second-order valence-electron chi connectivity index (χ2n) is 3.77. The lowest BCUT2D eigenvalue weighted by atomic mass is 10.2. The molecule has 0 amide bonds. The Morgan fingerprint density at radius 2 is 1.45 bits per heavy atom. The first kappa shape index (κ1) is 21.8. The Balaban J connectivity index is 0. The fourth-order valence-corrected chi connectivity index (χ4v) is 0.930. The predicted molar refractivity (Wildman–Crippen MR) is 73.7 cm³/mol. The van der Waals surface area contributed by atoms with Crippen molar-refractivity contribution >= 4 is 23.9 Å². The van der Waals surface area contributed by atoms with Gasteiger partial charge < -0.3 is 25.9 Å². The van der Waals surface area contributed by atoms with E-state index in [9.17, 15) is 19.2 Å². The molecular weight excluding hydrogens is 300 g/mol. The lowest BCUT2D eigenvalue weighted by Crippen LogP contribution is -2.25. The predicted octanol–water partition coefficient (Wildman–Crippen LogP) is -0.650. The molecule has 0 heterocycles. The Kier molecular flexibility index (Phi) is 14.8. The molecule has 0 aromatic heterocycles. The number of nitrogens with one attached hydrogen (secondary N) is 1. The zero-order chi connectivity index (χ0) is 17.4. The van der Waals surface area contributed by atoms with Crippen molar-refractivity contribution in [2.75, 3.05) is 13.1 Å². The fraction of sp³-hybridized carbons (Fsp3) is 0.500. The average Bonchev–Trinajstić information content (AvgIpc) is 2.42. The maximum absolute atomic E-state index is 10.9. The van der Waals surface area contributed by atoms with Gasteiger partial charge in [-0.05, 0) is 12.8 Å². The summed E-state index contributed by atoms with van der Waals surface area (Å²) < 4.78 is 0. The molecule has 22 heavy (non-hydrogen) atoms. The van der Waals surface area contributed by atoms with E-state index in [0.29, 0.717) is 38.1 Å². The molecule has 0 aliphatic heterocycles. The van der Waals surface area contributed by atoms with Gasteiger partial charge >= 0.3 is 23.9 Å². The quantitative estimate of drug-likeness (QED) is 0.197. The van der Waals surface area contributed by atoms with Gasteiger partial charge in [0, 0.05) is 38.1 Å². The summed E-state index contributed by atoms with van der Waals surface area (Å²) >= 11 is 0. The number of nitrogens with two attached hydrogens (primary N) is 1. The van der Waals surface area contributed by atoms with Crippen LogP contribution in [0.25, 0.3) is 0 Å². The molecule has 0 spiro atoms. The molecule has 0 saturated heterocycles. The monoisotopic (exact) mass is 320 g/mol. The minimum absolute atomic E-state index is 0.0868. The van der Waals surface area contributed by atoms with Gasteiger partial charge in [0.25, 0.3) is 0 Å². The smallest absolute Gasteiger partial charge is 0.328 e. The fourth-order valence-electron chi connectivity index (χ4n) is 0.930. The summed E-state index contributed by atoms with van der Waals surface area (Å²) in [7, 11) is 0. The molecule has 0 radical (unpaired) electrons. The lowest BCUT2D eigenvalue weighted by molar-refractivity contribution is -0.151. The number of hydrogen-bond acceptors (Lipinski definition) is 7. The van der Waals surface area contributed by atoms with Gasteiger partial charge in [-0.25, -0.2) is 9.59 Å². The molecule has 10 nitrogen and oxygen atoms in total. The van der Waals surface area contributed by atoms with E-state index in [0.717, 1.165) is 0 Å².